The van der Waals surface area contributed by atoms with Gasteiger partial charge < -0.3 is 19.5 Å². The highest BCUT2D eigenvalue weighted by Crippen LogP contribution is 2.27. The minimum Gasteiger partial charge on any atom is -0.493 e. The van der Waals surface area contributed by atoms with E-state index in [1.807, 2.05) is 18.2 Å². The van der Waals surface area contributed by atoms with Crippen molar-refractivity contribution >= 4 is 5.97 Å². The Morgan fingerprint density at radius 2 is 1.89 bits per heavy atom. The van der Waals surface area contributed by atoms with Crippen molar-refractivity contribution in [3.8, 4) is 11.5 Å². The Morgan fingerprint density at radius 3 is 2.50 bits per heavy atom. The van der Waals surface area contributed by atoms with Crippen LogP contribution < -0.4 is 14.8 Å². The number of methoxy groups -OCH3 is 3. The van der Waals surface area contributed by atoms with Gasteiger partial charge in [0.15, 0.2) is 11.5 Å². The molecule has 0 saturated carbocycles. The summed E-state index contributed by atoms with van der Waals surface area (Å²) in [5.41, 5.74) is 1.07. The molecule has 0 unspecified atom stereocenters. The van der Waals surface area contributed by atoms with Gasteiger partial charge in [-0.15, -0.1) is 0 Å². The Bertz CT molecular complexity index is 393. The van der Waals surface area contributed by atoms with Crippen molar-refractivity contribution in [1.29, 1.82) is 0 Å². The zero-order valence-electron chi connectivity index (χ0n) is 11.0. The molecule has 0 aromatic heterocycles. The molecular weight excluding hydrogens is 234 g/mol. The second-order valence-corrected chi connectivity index (χ2v) is 3.69. The molecule has 5 nitrogen and oxygen atoms in total. The first-order valence-electron chi connectivity index (χ1n) is 5.69. The fourth-order valence-electron chi connectivity index (χ4n) is 1.52. The van der Waals surface area contributed by atoms with Crippen LogP contribution in [0.4, 0.5) is 0 Å². The van der Waals surface area contributed by atoms with Gasteiger partial charge in [0.05, 0.1) is 27.8 Å². The molecule has 0 aliphatic rings. The molecule has 1 aromatic rings. The van der Waals surface area contributed by atoms with Gasteiger partial charge in [0.1, 0.15) is 0 Å². The first kappa shape index (κ1) is 14.3. The summed E-state index contributed by atoms with van der Waals surface area (Å²) in [5.74, 6) is 1.19. The highest BCUT2D eigenvalue weighted by atomic mass is 16.5. The molecule has 0 radical (unpaired) electrons. The number of carbonyl (C=O) groups is 1. The lowest BCUT2D eigenvalue weighted by atomic mass is 10.2. The van der Waals surface area contributed by atoms with Crippen molar-refractivity contribution < 1.29 is 19.0 Å². The van der Waals surface area contributed by atoms with E-state index in [9.17, 15) is 4.79 Å². The minimum absolute atomic E-state index is 0.213. The smallest absolute Gasteiger partial charge is 0.306 e. The fraction of sp³-hybridized carbons (Fsp3) is 0.462. The van der Waals surface area contributed by atoms with Gasteiger partial charge in [0, 0.05) is 13.1 Å². The summed E-state index contributed by atoms with van der Waals surface area (Å²) in [7, 11) is 4.59. The van der Waals surface area contributed by atoms with Gasteiger partial charge in [0.2, 0.25) is 0 Å². The van der Waals surface area contributed by atoms with Crippen molar-refractivity contribution in [2.45, 2.75) is 13.0 Å². The van der Waals surface area contributed by atoms with Gasteiger partial charge in [-0.3, -0.25) is 4.79 Å². The predicted octanol–water partition coefficient (Wildman–Crippen LogP) is 1.36. The first-order chi connectivity index (χ1) is 8.71. The summed E-state index contributed by atoms with van der Waals surface area (Å²) in [6.07, 6.45) is 0.365. The number of rotatable bonds is 7. The van der Waals surface area contributed by atoms with E-state index in [-0.39, 0.29) is 5.97 Å². The standard InChI is InChI=1S/C13H19NO4/c1-16-11-5-4-10(8-12(11)17-2)9-14-7-6-13(15)18-3/h4-5,8,14H,6-7,9H2,1-3H3. The quantitative estimate of drug-likeness (QED) is 0.587. The number of benzene rings is 1. The van der Waals surface area contributed by atoms with E-state index < -0.39 is 0 Å². The summed E-state index contributed by atoms with van der Waals surface area (Å²) >= 11 is 0. The summed E-state index contributed by atoms with van der Waals surface area (Å²) < 4.78 is 14.9. The van der Waals surface area contributed by atoms with Crippen LogP contribution in [-0.2, 0) is 16.1 Å². The molecule has 1 N–H and O–H groups in total. The van der Waals surface area contributed by atoms with Gasteiger partial charge in [0.25, 0.3) is 0 Å². The van der Waals surface area contributed by atoms with Gasteiger partial charge >= 0.3 is 5.97 Å². The van der Waals surface area contributed by atoms with Gasteiger partial charge in [-0.05, 0) is 17.7 Å². The molecule has 100 valence electrons. The molecule has 0 saturated heterocycles. The third-order valence-corrected chi connectivity index (χ3v) is 2.51. The molecule has 1 rings (SSSR count). The normalized spacial score (nSPS) is 9.94. The largest absolute Gasteiger partial charge is 0.493 e. The van der Waals surface area contributed by atoms with Crippen LogP contribution >= 0.6 is 0 Å². The summed E-state index contributed by atoms with van der Waals surface area (Å²) in [6.45, 7) is 1.25. The number of ether oxygens (including phenoxy) is 3. The van der Waals surface area contributed by atoms with Crippen molar-refractivity contribution in [3.05, 3.63) is 23.8 Å². The maximum atomic E-state index is 10.9. The highest BCUT2D eigenvalue weighted by molar-refractivity contribution is 5.69. The topological polar surface area (TPSA) is 56.8 Å². The van der Waals surface area contributed by atoms with Crippen LogP contribution in [0.3, 0.4) is 0 Å². The Balaban J connectivity index is 2.45. The van der Waals surface area contributed by atoms with Gasteiger partial charge in [-0.1, -0.05) is 6.07 Å². The monoisotopic (exact) mass is 253 g/mol. The van der Waals surface area contributed by atoms with Crippen LogP contribution in [0.2, 0.25) is 0 Å². The molecule has 0 atom stereocenters. The van der Waals surface area contributed by atoms with Crippen LogP contribution in [-0.4, -0.2) is 33.8 Å². The average Bonchev–Trinajstić information content (AvgIpc) is 2.42. The fourth-order valence-corrected chi connectivity index (χ4v) is 1.52. The maximum absolute atomic E-state index is 10.9. The Hall–Kier alpha value is -1.75. The van der Waals surface area contributed by atoms with E-state index in [2.05, 4.69) is 10.1 Å². The number of nitrogens with one attached hydrogen (secondary N) is 1. The Kier molecular flexibility index (Phi) is 6.00. The molecule has 0 fully saturated rings. The van der Waals surface area contributed by atoms with Crippen LogP contribution in [0, 0.1) is 0 Å². The average molecular weight is 253 g/mol. The molecule has 0 aliphatic carbocycles. The maximum Gasteiger partial charge on any atom is 0.306 e. The summed E-state index contributed by atoms with van der Waals surface area (Å²) in [4.78, 5) is 10.9. The molecule has 0 heterocycles. The van der Waals surface area contributed by atoms with Crippen molar-refractivity contribution in [2.75, 3.05) is 27.9 Å². The van der Waals surface area contributed by atoms with Gasteiger partial charge in [-0.2, -0.15) is 0 Å². The number of carbonyl (C=O) groups excluding carboxylic acids is 1. The van der Waals surface area contributed by atoms with E-state index in [1.165, 1.54) is 7.11 Å². The highest BCUT2D eigenvalue weighted by Gasteiger charge is 2.04. The third kappa shape index (κ3) is 4.25. The Morgan fingerprint density at radius 1 is 1.17 bits per heavy atom. The predicted molar refractivity (Wildman–Crippen MR) is 67.9 cm³/mol. The minimum atomic E-state index is -0.213. The number of hydrogen-bond acceptors (Lipinski definition) is 5. The molecule has 5 heteroatoms. The SMILES string of the molecule is COC(=O)CCNCc1ccc(OC)c(OC)c1. The van der Waals surface area contributed by atoms with Crippen molar-refractivity contribution in [1.82, 2.24) is 5.32 Å². The second-order valence-electron chi connectivity index (χ2n) is 3.69. The van der Waals surface area contributed by atoms with Crippen molar-refractivity contribution in [3.63, 3.8) is 0 Å². The Labute approximate surface area is 107 Å². The molecule has 0 spiro atoms. The van der Waals surface area contributed by atoms with E-state index in [0.717, 1.165) is 5.56 Å². The second kappa shape index (κ2) is 7.55. The van der Waals surface area contributed by atoms with Gasteiger partial charge in [-0.25, -0.2) is 0 Å². The number of hydrogen-bond donors (Lipinski definition) is 1. The lowest BCUT2D eigenvalue weighted by Crippen LogP contribution is -2.18. The molecule has 0 aliphatic heterocycles. The molecular formula is C13H19NO4. The zero-order valence-corrected chi connectivity index (χ0v) is 11.0. The van der Waals surface area contributed by atoms with Crippen molar-refractivity contribution in [2.24, 2.45) is 0 Å². The molecule has 18 heavy (non-hydrogen) atoms. The van der Waals surface area contributed by atoms with E-state index in [0.29, 0.717) is 31.0 Å². The zero-order chi connectivity index (χ0) is 13.4. The van der Waals surface area contributed by atoms with Crippen LogP contribution in [0.1, 0.15) is 12.0 Å². The summed E-state index contributed by atoms with van der Waals surface area (Å²) in [6, 6.07) is 5.71. The first-order valence-corrected chi connectivity index (χ1v) is 5.69. The van der Waals surface area contributed by atoms with Crippen LogP contribution in [0.5, 0.6) is 11.5 Å². The molecule has 0 bridgehead atoms. The van der Waals surface area contributed by atoms with E-state index in [1.54, 1.807) is 14.2 Å². The lowest BCUT2D eigenvalue weighted by molar-refractivity contribution is -0.140. The number of esters is 1. The van der Waals surface area contributed by atoms with E-state index >= 15 is 0 Å². The van der Waals surface area contributed by atoms with E-state index in [4.69, 9.17) is 9.47 Å². The lowest BCUT2D eigenvalue weighted by Gasteiger charge is -2.10. The van der Waals surface area contributed by atoms with Crippen LogP contribution in [0.25, 0.3) is 0 Å². The molecule has 1 aromatic carbocycles. The van der Waals surface area contributed by atoms with Crippen LogP contribution in [0.15, 0.2) is 18.2 Å². The summed E-state index contributed by atoms with van der Waals surface area (Å²) in [5, 5.41) is 3.16. The molecule has 0 amide bonds. The third-order valence-electron chi connectivity index (χ3n) is 2.51.